The molecule has 17 heavy (non-hydrogen) atoms. The van der Waals surface area contributed by atoms with Crippen molar-refractivity contribution in [2.24, 2.45) is 0 Å². The Bertz CT molecular complexity index is 339. The van der Waals surface area contributed by atoms with Gasteiger partial charge in [0, 0.05) is 17.4 Å². The molecule has 0 aromatic carbocycles. The molecule has 1 aromatic rings. The molecule has 1 aliphatic rings. The summed E-state index contributed by atoms with van der Waals surface area (Å²) in [5.41, 5.74) is 1.62. The molecule has 4 nitrogen and oxygen atoms in total. The predicted octanol–water partition coefficient (Wildman–Crippen LogP) is 3.19. The van der Waals surface area contributed by atoms with E-state index in [0.717, 1.165) is 18.1 Å². The van der Waals surface area contributed by atoms with Crippen LogP contribution < -0.4 is 5.32 Å². The fourth-order valence-corrected chi connectivity index (χ4v) is 5.12. The standard InChI is InChI=1S/C10H15N3OS3/c14-9(12-10-13-11-7-15-10)4-2-1-3-8-5-6-16-17-8/h7-8H,1-6H2,(H,12,13,14)/t8-/m1/s1. The van der Waals surface area contributed by atoms with Crippen molar-refractivity contribution in [2.75, 3.05) is 11.1 Å². The van der Waals surface area contributed by atoms with Gasteiger partial charge in [-0.25, -0.2) is 0 Å². The van der Waals surface area contributed by atoms with E-state index in [4.69, 9.17) is 0 Å². The lowest BCUT2D eigenvalue weighted by Crippen LogP contribution is -2.11. The number of carbonyl (C=O) groups excluding carboxylic acids is 1. The summed E-state index contributed by atoms with van der Waals surface area (Å²) in [5.74, 6) is 1.34. The van der Waals surface area contributed by atoms with E-state index in [2.05, 4.69) is 15.5 Å². The molecule has 1 amide bonds. The summed E-state index contributed by atoms with van der Waals surface area (Å²) >= 11 is 1.35. The second-order valence-electron chi connectivity index (χ2n) is 3.87. The molecule has 1 N–H and O–H groups in total. The molecule has 0 radical (unpaired) electrons. The molecule has 2 rings (SSSR count). The first-order chi connectivity index (χ1) is 8.34. The Balaban J connectivity index is 1.54. The average Bonchev–Trinajstić information content (AvgIpc) is 2.96. The zero-order valence-electron chi connectivity index (χ0n) is 9.42. The van der Waals surface area contributed by atoms with Crippen molar-refractivity contribution in [2.45, 2.75) is 37.4 Å². The van der Waals surface area contributed by atoms with Gasteiger partial charge in [0.05, 0.1) is 0 Å². The molecule has 7 heteroatoms. The van der Waals surface area contributed by atoms with E-state index in [1.165, 1.54) is 29.9 Å². The third-order valence-corrected chi connectivity index (χ3v) is 6.13. The molecule has 1 fully saturated rings. The Kier molecular flexibility index (Phi) is 5.60. The third-order valence-electron chi connectivity index (χ3n) is 2.51. The number of hydrogen-bond donors (Lipinski definition) is 1. The van der Waals surface area contributed by atoms with Gasteiger partial charge in [-0.3, -0.25) is 4.79 Å². The first-order valence-corrected chi connectivity index (χ1v) is 8.95. The fourth-order valence-electron chi connectivity index (χ4n) is 1.63. The van der Waals surface area contributed by atoms with E-state index in [0.29, 0.717) is 11.6 Å². The normalized spacial score (nSPS) is 19.4. The van der Waals surface area contributed by atoms with Crippen LogP contribution in [0.4, 0.5) is 5.13 Å². The molecule has 0 aliphatic carbocycles. The number of amides is 1. The Labute approximate surface area is 113 Å². The Hall–Kier alpha value is -0.270. The highest BCUT2D eigenvalue weighted by molar-refractivity contribution is 8.77. The van der Waals surface area contributed by atoms with Crippen LogP contribution in [0.1, 0.15) is 32.1 Å². The largest absolute Gasteiger partial charge is 0.301 e. The summed E-state index contributed by atoms with van der Waals surface area (Å²) in [4.78, 5) is 11.5. The van der Waals surface area contributed by atoms with E-state index in [9.17, 15) is 4.79 Å². The van der Waals surface area contributed by atoms with Crippen LogP contribution in [0, 0.1) is 0 Å². The lowest BCUT2D eigenvalue weighted by molar-refractivity contribution is -0.116. The van der Waals surface area contributed by atoms with Gasteiger partial charge < -0.3 is 5.32 Å². The van der Waals surface area contributed by atoms with Gasteiger partial charge in [0.2, 0.25) is 11.0 Å². The Morgan fingerprint density at radius 2 is 2.47 bits per heavy atom. The molecule has 94 valence electrons. The van der Waals surface area contributed by atoms with Crippen molar-refractivity contribution in [1.82, 2.24) is 10.2 Å². The second kappa shape index (κ2) is 7.23. The zero-order valence-corrected chi connectivity index (χ0v) is 11.9. The quantitative estimate of drug-likeness (QED) is 0.644. The SMILES string of the molecule is O=C(CCCC[C@@H]1CCSS1)Nc1nncs1. The van der Waals surface area contributed by atoms with Crippen molar-refractivity contribution in [3.05, 3.63) is 5.51 Å². The molecule has 1 aliphatic heterocycles. The Morgan fingerprint density at radius 3 is 3.18 bits per heavy atom. The summed E-state index contributed by atoms with van der Waals surface area (Å²) in [6.45, 7) is 0. The number of nitrogens with one attached hydrogen (secondary N) is 1. The second-order valence-corrected chi connectivity index (χ2v) is 7.49. The van der Waals surface area contributed by atoms with Crippen LogP contribution in [0.2, 0.25) is 0 Å². The molecular weight excluding hydrogens is 274 g/mol. The van der Waals surface area contributed by atoms with Crippen LogP contribution in [0.3, 0.4) is 0 Å². The zero-order chi connectivity index (χ0) is 11.9. The first kappa shape index (κ1) is 13.2. The minimum absolute atomic E-state index is 0.0511. The highest BCUT2D eigenvalue weighted by Crippen LogP contribution is 2.39. The molecule has 0 saturated carbocycles. The van der Waals surface area contributed by atoms with Gasteiger partial charge >= 0.3 is 0 Å². The molecule has 1 atom stereocenters. The van der Waals surface area contributed by atoms with Gasteiger partial charge in [-0.2, -0.15) is 0 Å². The maximum absolute atomic E-state index is 11.5. The first-order valence-electron chi connectivity index (χ1n) is 5.69. The van der Waals surface area contributed by atoms with Gasteiger partial charge in [0.15, 0.2) is 0 Å². The number of aromatic nitrogens is 2. The molecule has 0 bridgehead atoms. The minimum Gasteiger partial charge on any atom is -0.301 e. The molecular formula is C10H15N3OS3. The minimum atomic E-state index is 0.0511. The van der Waals surface area contributed by atoms with Gasteiger partial charge in [0.1, 0.15) is 5.51 Å². The monoisotopic (exact) mass is 289 g/mol. The maximum atomic E-state index is 11.5. The van der Waals surface area contributed by atoms with Crippen molar-refractivity contribution in [3.8, 4) is 0 Å². The molecule has 0 spiro atoms. The number of anilines is 1. The van der Waals surface area contributed by atoms with Crippen molar-refractivity contribution in [1.29, 1.82) is 0 Å². The van der Waals surface area contributed by atoms with Crippen LogP contribution in [0.25, 0.3) is 0 Å². The smallest absolute Gasteiger partial charge is 0.226 e. The average molecular weight is 289 g/mol. The third kappa shape index (κ3) is 4.85. The van der Waals surface area contributed by atoms with Crippen molar-refractivity contribution < 1.29 is 4.79 Å². The van der Waals surface area contributed by atoms with E-state index < -0.39 is 0 Å². The van der Waals surface area contributed by atoms with Crippen LogP contribution in [-0.2, 0) is 4.79 Å². The summed E-state index contributed by atoms with van der Waals surface area (Å²) in [5, 5.41) is 11.6. The van der Waals surface area contributed by atoms with Gasteiger partial charge in [-0.05, 0) is 19.3 Å². The Morgan fingerprint density at radius 1 is 1.53 bits per heavy atom. The summed E-state index contributed by atoms with van der Waals surface area (Å²) < 4.78 is 0. The molecule has 1 aromatic heterocycles. The lowest BCUT2D eigenvalue weighted by Gasteiger charge is -2.06. The van der Waals surface area contributed by atoms with E-state index >= 15 is 0 Å². The highest BCUT2D eigenvalue weighted by atomic mass is 33.1. The van der Waals surface area contributed by atoms with Gasteiger partial charge in [0.25, 0.3) is 0 Å². The van der Waals surface area contributed by atoms with Crippen LogP contribution in [-0.4, -0.2) is 27.1 Å². The van der Waals surface area contributed by atoms with Crippen LogP contribution >= 0.6 is 32.9 Å². The van der Waals surface area contributed by atoms with Crippen LogP contribution in [0.15, 0.2) is 5.51 Å². The molecule has 2 heterocycles. The van der Waals surface area contributed by atoms with Crippen molar-refractivity contribution >= 4 is 44.0 Å². The van der Waals surface area contributed by atoms with Crippen molar-refractivity contribution in [3.63, 3.8) is 0 Å². The maximum Gasteiger partial charge on any atom is 0.226 e. The van der Waals surface area contributed by atoms with E-state index in [1.54, 1.807) is 5.51 Å². The number of nitrogens with zero attached hydrogens (tertiary/aromatic N) is 2. The van der Waals surface area contributed by atoms with Gasteiger partial charge in [-0.15, -0.1) is 10.2 Å². The number of unbranched alkanes of at least 4 members (excludes halogenated alkanes) is 1. The van der Waals surface area contributed by atoms with E-state index in [-0.39, 0.29) is 5.91 Å². The van der Waals surface area contributed by atoms with Gasteiger partial charge in [-0.1, -0.05) is 39.3 Å². The number of rotatable bonds is 6. The molecule has 1 saturated heterocycles. The fraction of sp³-hybridized carbons (Fsp3) is 0.700. The highest BCUT2D eigenvalue weighted by Gasteiger charge is 2.15. The summed E-state index contributed by atoms with van der Waals surface area (Å²) in [6, 6.07) is 0. The van der Waals surface area contributed by atoms with Crippen LogP contribution in [0.5, 0.6) is 0 Å². The topological polar surface area (TPSA) is 54.9 Å². The van der Waals surface area contributed by atoms with E-state index in [1.807, 2.05) is 21.6 Å². The summed E-state index contributed by atoms with van der Waals surface area (Å²) in [6.07, 6.45) is 5.26. The summed E-state index contributed by atoms with van der Waals surface area (Å²) in [7, 11) is 3.98. The number of hydrogen-bond acceptors (Lipinski definition) is 6. The molecule has 0 unspecified atom stereocenters. The lowest BCUT2D eigenvalue weighted by atomic mass is 10.1. The predicted molar refractivity (Wildman–Crippen MR) is 75.5 cm³/mol. The number of carbonyl (C=O) groups is 1.